The number of halogens is 2. The zero-order valence-electron chi connectivity index (χ0n) is 11.6. The summed E-state index contributed by atoms with van der Waals surface area (Å²) in [5.41, 5.74) is 1.30. The van der Waals surface area contributed by atoms with Crippen molar-refractivity contribution in [1.82, 2.24) is 10.3 Å². The molecule has 0 spiro atoms. The van der Waals surface area contributed by atoms with Gasteiger partial charge in [-0.1, -0.05) is 23.2 Å². The van der Waals surface area contributed by atoms with Crippen LogP contribution < -0.4 is 5.32 Å². The minimum atomic E-state index is -0.459. The predicted molar refractivity (Wildman–Crippen MR) is 83.2 cm³/mol. The van der Waals surface area contributed by atoms with Crippen LogP contribution in [-0.2, 0) is 11.3 Å². The Morgan fingerprint density at radius 3 is 2.59 bits per heavy atom. The van der Waals surface area contributed by atoms with Gasteiger partial charge in [-0.15, -0.1) is 0 Å². The Hall–Kier alpha value is -2.11. The van der Waals surface area contributed by atoms with E-state index >= 15 is 0 Å². The van der Waals surface area contributed by atoms with Crippen molar-refractivity contribution in [1.29, 1.82) is 0 Å². The minimum Gasteiger partial charge on any atom is -0.465 e. The van der Waals surface area contributed by atoms with Crippen molar-refractivity contribution in [3.8, 4) is 0 Å². The van der Waals surface area contributed by atoms with Crippen LogP contribution in [0, 0.1) is 0 Å². The van der Waals surface area contributed by atoms with Gasteiger partial charge in [0.1, 0.15) is 0 Å². The summed E-state index contributed by atoms with van der Waals surface area (Å²) >= 11 is 11.7. The lowest BCUT2D eigenvalue weighted by atomic mass is 10.2. The molecule has 5 nitrogen and oxygen atoms in total. The number of pyridine rings is 1. The average molecular weight is 339 g/mol. The van der Waals surface area contributed by atoms with Gasteiger partial charge in [0, 0.05) is 11.8 Å². The molecule has 1 aromatic heterocycles. The molecule has 0 atom stereocenters. The van der Waals surface area contributed by atoms with Crippen molar-refractivity contribution in [2.45, 2.75) is 6.54 Å². The number of ether oxygens (including phenoxy) is 1. The zero-order valence-corrected chi connectivity index (χ0v) is 13.1. The number of aromatic nitrogens is 1. The van der Waals surface area contributed by atoms with Crippen LogP contribution >= 0.6 is 23.2 Å². The molecule has 0 aliphatic rings. The maximum atomic E-state index is 12.0. The lowest BCUT2D eigenvalue weighted by Gasteiger charge is -2.07. The number of amides is 1. The summed E-state index contributed by atoms with van der Waals surface area (Å²) < 4.78 is 4.63. The molecule has 1 amide bonds. The van der Waals surface area contributed by atoms with E-state index in [1.165, 1.54) is 25.4 Å². The molecule has 0 bridgehead atoms. The second-order valence-corrected chi connectivity index (χ2v) is 5.15. The molecule has 22 heavy (non-hydrogen) atoms. The number of hydrogen-bond acceptors (Lipinski definition) is 4. The summed E-state index contributed by atoms with van der Waals surface area (Å²) in [5.74, 6) is -0.775. The Kier molecular flexibility index (Phi) is 5.35. The maximum absolute atomic E-state index is 12.0. The molecule has 0 unspecified atom stereocenters. The fraction of sp³-hybridized carbons (Fsp3) is 0.133. The van der Waals surface area contributed by atoms with Crippen LogP contribution in [0.4, 0.5) is 0 Å². The highest BCUT2D eigenvalue weighted by atomic mass is 35.5. The van der Waals surface area contributed by atoms with E-state index in [1.807, 2.05) is 0 Å². The summed E-state index contributed by atoms with van der Waals surface area (Å²) in [6, 6.07) is 7.70. The van der Waals surface area contributed by atoms with E-state index in [0.29, 0.717) is 26.9 Å². The Morgan fingerprint density at radius 2 is 1.91 bits per heavy atom. The number of carbonyl (C=O) groups excluding carboxylic acids is 2. The average Bonchev–Trinajstić information content (AvgIpc) is 2.54. The van der Waals surface area contributed by atoms with Crippen LogP contribution in [0.1, 0.15) is 26.4 Å². The van der Waals surface area contributed by atoms with Crippen molar-refractivity contribution in [2.75, 3.05) is 7.11 Å². The van der Waals surface area contributed by atoms with Crippen molar-refractivity contribution in [3.63, 3.8) is 0 Å². The minimum absolute atomic E-state index is 0.171. The maximum Gasteiger partial charge on any atom is 0.337 e. The van der Waals surface area contributed by atoms with Crippen LogP contribution in [0.15, 0.2) is 36.5 Å². The number of benzene rings is 1. The normalized spacial score (nSPS) is 10.1. The fourth-order valence-corrected chi connectivity index (χ4v) is 2.03. The van der Waals surface area contributed by atoms with Crippen molar-refractivity contribution in [3.05, 3.63) is 63.4 Å². The van der Waals surface area contributed by atoms with Gasteiger partial charge in [0.15, 0.2) is 0 Å². The number of rotatable bonds is 4. The van der Waals surface area contributed by atoms with Crippen molar-refractivity contribution >= 4 is 35.1 Å². The van der Waals surface area contributed by atoms with E-state index in [1.54, 1.807) is 18.2 Å². The Bertz CT molecular complexity index is 720. The largest absolute Gasteiger partial charge is 0.465 e. The topological polar surface area (TPSA) is 68.3 Å². The monoisotopic (exact) mass is 338 g/mol. The number of nitrogens with zero attached hydrogens (tertiary/aromatic N) is 1. The molecule has 2 rings (SSSR count). The third kappa shape index (κ3) is 3.96. The third-order valence-electron chi connectivity index (χ3n) is 2.85. The summed E-state index contributed by atoms with van der Waals surface area (Å²) in [6.07, 6.45) is 1.48. The van der Waals surface area contributed by atoms with Gasteiger partial charge in [0.25, 0.3) is 5.91 Å². The number of esters is 1. The number of nitrogens with one attached hydrogen (secondary N) is 1. The summed E-state index contributed by atoms with van der Waals surface area (Å²) in [5, 5.41) is 3.38. The first-order valence-corrected chi connectivity index (χ1v) is 7.03. The highest BCUT2D eigenvalue weighted by molar-refractivity contribution is 6.42. The van der Waals surface area contributed by atoms with E-state index < -0.39 is 5.97 Å². The molecule has 0 saturated heterocycles. The van der Waals surface area contributed by atoms with Gasteiger partial charge in [-0.3, -0.25) is 9.78 Å². The predicted octanol–water partition coefficient (Wildman–Crippen LogP) is 3.11. The lowest BCUT2D eigenvalue weighted by Crippen LogP contribution is -2.23. The SMILES string of the molecule is COC(=O)c1ccnc(CNC(=O)c2ccc(Cl)c(Cl)c2)c1. The van der Waals surface area contributed by atoms with Gasteiger partial charge in [-0.05, 0) is 30.3 Å². The molecule has 0 fully saturated rings. The Morgan fingerprint density at radius 1 is 1.14 bits per heavy atom. The standard InChI is InChI=1S/C15H12Cl2N2O3/c1-22-15(21)10-4-5-18-11(6-10)8-19-14(20)9-2-3-12(16)13(17)7-9/h2-7H,8H2,1H3,(H,19,20). The molecule has 1 N–H and O–H groups in total. The van der Waals surface area contributed by atoms with Crippen LogP contribution in [0.25, 0.3) is 0 Å². The summed E-state index contributed by atoms with van der Waals surface area (Å²) in [7, 11) is 1.30. The van der Waals surface area contributed by atoms with E-state index in [9.17, 15) is 9.59 Å². The molecule has 0 aliphatic carbocycles. The van der Waals surface area contributed by atoms with Gasteiger partial charge in [0.2, 0.25) is 0 Å². The molecule has 0 radical (unpaired) electrons. The first-order valence-electron chi connectivity index (χ1n) is 6.27. The Labute approximate surface area is 137 Å². The third-order valence-corrected chi connectivity index (χ3v) is 3.59. The Balaban J connectivity index is 2.04. The van der Waals surface area contributed by atoms with Crippen LogP contribution in [0.2, 0.25) is 10.0 Å². The molecule has 2 aromatic rings. The van der Waals surface area contributed by atoms with Crippen molar-refractivity contribution in [2.24, 2.45) is 0 Å². The van der Waals surface area contributed by atoms with Crippen LogP contribution in [0.3, 0.4) is 0 Å². The van der Waals surface area contributed by atoms with Gasteiger partial charge in [-0.25, -0.2) is 4.79 Å². The second-order valence-electron chi connectivity index (χ2n) is 4.34. The molecule has 114 valence electrons. The molecular weight excluding hydrogens is 327 g/mol. The van der Waals surface area contributed by atoms with E-state index in [2.05, 4.69) is 15.0 Å². The zero-order chi connectivity index (χ0) is 16.1. The summed E-state index contributed by atoms with van der Waals surface area (Å²) in [4.78, 5) is 27.5. The number of hydrogen-bond donors (Lipinski definition) is 1. The highest BCUT2D eigenvalue weighted by Crippen LogP contribution is 2.22. The van der Waals surface area contributed by atoms with Crippen molar-refractivity contribution < 1.29 is 14.3 Å². The van der Waals surface area contributed by atoms with E-state index in [4.69, 9.17) is 23.2 Å². The lowest BCUT2D eigenvalue weighted by molar-refractivity contribution is 0.0600. The highest BCUT2D eigenvalue weighted by Gasteiger charge is 2.10. The van der Waals surface area contributed by atoms with Gasteiger partial charge in [-0.2, -0.15) is 0 Å². The molecule has 1 aromatic carbocycles. The molecule has 1 heterocycles. The number of carbonyl (C=O) groups is 2. The van der Waals surface area contributed by atoms with Gasteiger partial charge < -0.3 is 10.1 Å². The first-order chi connectivity index (χ1) is 10.5. The van der Waals surface area contributed by atoms with E-state index in [-0.39, 0.29) is 12.5 Å². The van der Waals surface area contributed by atoms with Crippen LogP contribution in [0.5, 0.6) is 0 Å². The second kappa shape index (κ2) is 7.24. The van der Waals surface area contributed by atoms with E-state index in [0.717, 1.165) is 0 Å². The van der Waals surface area contributed by atoms with Gasteiger partial charge >= 0.3 is 5.97 Å². The first kappa shape index (κ1) is 16.3. The summed E-state index contributed by atoms with van der Waals surface area (Å²) in [6.45, 7) is 0.171. The molecular formula is C15H12Cl2N2O3. The van der Waals surface area contributed by atoms with Crippen LogP contribution in [-0.4, -0.2) is 24.0 Å². The molecule has 7 heteroatoms. The smallest absolute Gasteiger partial charge is 0.337 e. The van der Waals surface area contributed by atoms with Gasteiger partial charge in [0.05, 0.1) is 35.0 Å². The fourth-order valence-electron chi connectivity index (χ4n) is 1.73. The molecule has 0 saturated carbocycles. The quantitative estimate of drug-likeness (QED) is 0.869. The number of methoxy groups -OCH3 is 1. The molecule has 0 aliphatic heterocycles.